The van der Waals surface area contributed by atoms with Crippen molar-refractivity contribution in [1.29, 1.82) is 0 Å². The molecule has 1 aromatic carbocycles. The lowest BCUT2D eigenvalue weighted by molar-refractivity contribution is -0.346. The summed E-state index contributed by atoms with van der Waals surface area (Å²) in [5.74, 6) is -2.17. The van der Waals surface area contributed by atoms with Crippen LogP contribution in [0, 0.1) is 17.8 Å². The zero-order valence-electron chi connectivity index (χ0n) is 29.2. The molecule has 2 saturated carbocycles. The highest BCUT2D eigenvalue weighted by molar-refractivity contribution is 5.90. The molecular formula is C36H53NO14. The SMILES string of the molecule is CC1CC(C)C(OC2OC(C)C(O)C(O)C2O)C(OC2OC(CO)C(O)C(O/C(=C\C3CCCCC3)C(=O)NO)C2OC(=O)c2ccccc2)C1. The van der Waals surface area contributed by atoms with Crippen LogP contribution in [0.3, 0.4) is 0 Å². The van der Waals surface area contributed by atoms with Gasteiger partial charge in [-0.15, -0.1) is 0 Å². The van der Waals surface area contributed by atoms with Gasteiger partial charge in [0.1, 0.15) is 30.5 Å². The minimum atomic E-state index is -1.62. The average Bonchev–Trinajstić information content (AvgIpc) is 3.13. The molecule has 4 fully saturated rings. The number of hydrogen-bond acceptors (Lipinski definition) is 14. The molecule has 14 unspecified atom stereocenters. The maximum atomic E-state index is 13.5. The summed E-state index contributed by atoms with van der Waals surface area (Å²) in [6.45, 7) is 4.81. The van der Waals surface area contributed by atoms with Crippen LogP contribution in [-0.2, 0) is 33.2 Å². The highest BCUT2D eigenvalue weighted by atomic mass is 16.7. The predicted octanol–water partition coefficient (Wildman–Crippen LogP) is 1.31. The number of aliphatic hydroxyl groups is 5. The van der Waals surface area contributed by atoms with Gasteiger partial charge in [-0.1, -0.05) is 51.3 Å². The van der Waals surface area contributed by atoms with Crippen molar-refractivity contribution < 1.29 is 68.8 Å². The van der Waals surface area contributed by atoms with Crippen molar-refractivity contribution in [2.24, 2.45) is 17.8 Å². The van der Waals surface area contributed by atoms with Crippen LogP contribution in [0.2, 0.25) is 0 Å². The number of carbonyl (C=O) groups is 2. The van der Waals surface area contributed by atoms with E-state index in [9.17, 15) is 40.3 Å². The van der Waals surface area contributed by atoms with E-state index >= 15 is 0 Å². The molecular weight excluding hydrogens is 670 g/mol. The summed E-state index contributed by atoms with van der Waals surface area (Å²) in [4.78, 5) is 26.5. The molecule has 15 nitrogen and oxygen atoms in total. The average molecular weight is 724 g/mol. The van der Waals surface area contributed by atoms with Crippen LogP contribution in [0.15, 0.2) is 42.2 Å². The number of carbonyl (C=O) groups excluding carboxylic acids is 2. The van der Waals surface area contributed by atoms with E-state index in [0.717, 1.165) is 32.1 Å². The minimum Gasteiger partial charge on any atom is -0.478 e. The Morgan fingerprint density at radius 2 is 1.53 bits per heavy atom. The van der Waals surface area contributed by atoms with Crippen LogP contribution in [0.5, 0.6) is 0 Å². The summed E-state index contributed by atoms with van der Waals surface area (Å²) < 4.78 is 36.8. The van der Waals surface area contributed by atoms with Gasteiger partial charge in [-0.3, -0.25) is 10.0 Å². The Bertz CT molecular complexity index is 1310. The first-order chi connectivity index (χ1) is 24.4. The van der Waals surface area contributed by atoms with Gasteiger partial charge in [0.2, 0.25) is 0 Å². The fraction of sp³-hybridized carbons (Fsp3) is 0.722. The number of hydrogen-bond donors (Lipinski definition) is 7. The molecule has 2 heterocycles. The monoisotopic (exact) mass is 723 g/mol. The van der Waals surface area contributed by atoms with Crippen molar-refractivity contribution in [3.05, 3.63) is 47.7 Å². The third-order valence-electron chi connectivity index (χ3n) is 10.4. The molecule has 1 aromatic rings. The molecule has 7 N–H and O–H groups in total. The molecule has 4 aliphatic rings. The van der Waals surface area contributed by atoms with Crippen LogP contribution < -0.4 is 5.48 Å². The first-order valence-electron chi connectivity index (χ1n) is 18.0. The van der Waals surface area contributed by atoms with Gasteiger partial charge < -0.3 is 54.0 Å². The first kappa shape index (κ1) is 39.5. The van der Waals surface area contributed by atoms with Crippen LogP contribution in [0.4, 0.5) is 0 Å². The molecule has 286 valence electrons. The van der Waals surface area contributed by atoms with E-state index in [-0.39, 0.29) is 29.1 Å². The summed E-state index contributed by atoms with van der Waals surface area (Å²) in [6.07, 6.45) is -8.33. The fourth-order valence-electron chi connectivity index (χ4n) is 7.63. The number of ether oxygens (including phenoxy) is 6. The Hall–Kier alpha value is -2.70. The third kappa shape index (κ3) is 9.46. The lowest BCUT2D eigenvalue weighted by Crippen LogP contribution is -2.63. The van der Waals surface area contributed by atoms with Crippen molar-refractivity contribution in [3.63, 3.8) is 0 Å². The maximum absolute atomic E-state index is 13.5. The second-order valence-electron chi connectivity index (χ2n) is 14.4. The molecule has 5 rings (SSSR count). The van der Waals surface area contributed by atoms with Gasteiger partial charge in [-0.2, -0.15) is 0 Å². The predicted molar refractivity (Wildman–Crippen MR) is 177 cm³/mol. The molecule has 2 saturated heterocycles. The van der Waals surface area contributed by atoms with Crippen LogP contribution in [0.25, 0.3) is 0 Å². The number of benzene rings is 1. The molecule has 0 aromatic heterocycles. The van der Waals surface area contributed by atoms with Gasteiger partial charge in [0, 0.05) is 0 Å². The maximum Gasteiger partial charge on any atom is 0.338 e. The summed E-state index contributed by atoms with van der Waals surface area (Å²) in [6, 6.07) is 8.09. The van der Waals surface area contributed by atoms with Crippen molar-refractivity contribution in [3.8, 4) is 0 Å². The van der Waals surface area contributed by atoms with E-state index in [1.165, 1.54) is 12.1 Å². The molecule has 15 heteroatoms. The largest absolute Gasteiger partial charge is 0.478 e. The van der Waals surface area contributed by atoms with Crippen LogP contribution in [0.1, 0.15) is 76.1 Å². The van der Waals surface area contributed by atoms with E-state index in [0.29, 0.717) is 12.8 Å². The number of esters is 1. The van der Waals surface area contributed by atoms with Gasteiger partial charge in [-0.05, 0) is 68.6 Å². The molecule has 0 spiro atoms. The normalized spacial score (nSPS) is 39.6. The number of hydroxylamine groups is 1. The van der Waals surface area contributed by atoms with E-state index in [1.807, 2.05) is 13.8 Å². The van der Waals surface area contributed by atoms with E-state index < -0.39 is 92.1 Å². The molecule has 0 bridgehead atoms. The number of allylic oxidation sites excluding steroid dienone is 1. The number of nitrogens with one attached hydrogen (secondary N) is 1. The molecule has 0 radical (unpaired) electrons. The number of aliphatic hydroxyl groups excluding tert-OH is 5. The standard InChI is InChI=1S/C36H53NO14/c1-18-14-19(2)30(51-35-29(42)28(41)26(39)20(3)46-35)23(15-18)48-36-32(50-34(44)22-12-8-5-9-13-22)31(27(40)25(17-38)49-36)47-24(33(43)37-45)16-21-10-6-4-7-11-21/h5,8-9,12-13,16,18-21,23,25-32,35-36,38-42,45H,4,6-7,10-11,14-15,17H2,1-3H3,(H,37,43)/b24-16-. The van der Waals surface area contributed by atoms with E-state index in [2.05, 4.69) is 0 Å². The van der Waals surface area contributed by atoms with Gasteiger partial charge in [-0.25, -0.2) is 10.3 Å². The highest BCUT2D eigenvalue weighted by Gasteiger charge is 2.53. The summed E-state index contributed by atoms with van der Waals surface area (Å²) in [5, 5.41) is 62.8. The number of amides is 1. The van der Waals surface area contributed by atoms with Gasteiger partial charge in [0.25, 0.3) is 0 Å². The first-order valence-corrected chi connectivity index (χ1v) is 18.0. The van der Waals surface area contributed by atoms with E-state index in [1.54, 1.807) is 36.7 Å². The zero-order chi connectivity index (χ0) is 36.8. The third-order valence-corrected chi connectivity index (χ3v) is 10.4. The van der Waals surface area contributed by atoms with Crippen molar-refractivity contribution >= 4 is 11.9 Å². The molecule has 14 atom stereocenters. The fourth-order valence-corrected chi connectivity index (χ4v) is 7.63. The van der Waals surface area contributed by atoms with Crippen molar-refractivity contribution in [2.45, 2.75) is 139 Å². The number of rotatable bonds is 11. The lowest BCUT2D eigenvalue weighted by Gasteiger charge is -2.48. The Labute approximate surface area is 297 Å². The minimum absolute atomic E-state index is 0.0446. The molecule has 1 amide bonds. The second-order valence-corrected chi connectivity index (χ2v) is 14.4. The molecule has 51 heavy (non-hydrogen) atoms. The van der Waals surface area contributed by atoms with Crippen molar-refractivity contribution in [1.82, 2.24) is 5.48 Å². The van der Waals surface area contributed by atoms with Crippen LogP contribution in [-0.4, -0.2) is 123 Å². The second kappa shape index (κ2) is 17.9. The van der Waals surface area contributed by atoms with Gasteiger partial charge >= 0.3 is 11.9 Å². The van der Waals surface area contributed by atoms with Crippen molar-refractivity contribution in [2.75, 3.05) is 6.61 Å². The topological polar surface area (TPSA) is 223 Å². The summed E-state index contributed by atoms with van der Waals surface area (Å²) >= 11 is 0. The van der Waals surface area contributed by atoms with E-state index in [4.69, 9.17) is 28.4 Å². The Kier molecular flexibility index (Phi) is 13.9. The highest BCUT2D eigenvalue weighted by Crippen LogP contribution is 2.39. The smallest absolute Gasteiger partial charge is 0.338 e. The Morgan fingerprint density at radius 3 is 2.20 bits per heavy atom. The van der Waals surface area contributed by atoms with Gasteiger partial charge in [0.15, 0.2) is 30.5 Å². The summed E-state index contributed by atoms with van der Waals surface area (Å²) in [7, 11) is 0. The summed E-state index contributed by atoms with van der Waals surface area (Å²) in [5.41, 5.74) is 1.77. The molecule has 2 aliphatic heterocycles. The quantitative estimate of drug-likeness (QED) is 0.0563. The molecule has 2 aliphatic carbocycles. The Balaban J connectivity index is 1.48. The van der Waals surface area contributed by atoms with Crippen LogP contribution >= 0.6 is 0 Å². The Morgan fingerprint density at radius 1 is 0.824 bits per heavy atom. The lowest BCUT2D eigenvalue weighted by atomic mass is 9.79. The van der Waals surface area contributed by atoms with Gasteiger partial charge in [0.05, 0.1) is 30.5 Å². The zero-order valence-corrected chi connectivity index (χ0v) is 29.2.